The molecule has 0 heterocycles. The van der Waals surface area contributed by atoms with Gasteiger partial charge in [0.25, 0.3) is 5.91 Å². The van der Waals surface area contributed by atoms with Crippen LogP contribution in [0.1, 0.15) is 42.1 Å². The van der Waals surface area contributed by atoms with Crippen molar-refractivity contribution in [2.24, 2.45) is 0 Å². The number of halogens is 1. The molecule has 0 aromatic heterocycles. The van der Waals surface area contributed by atoms with E-state index in [0.717, 1.165) is 36.3 Å². The molecular formula is C20H24ClNO2S. The van der Waals surface area contributed by atoms with Crippen LogP contribution < -0.4 is 0 Å². The fraction of sp³-hybridized carbons (Fsp3) is 0.350. The molecule has 0 bridgehead atoms. The van der Waals surface area contributed by atoms with Gasteiger partial charge >= 0.3 is 0 Å². The second-order valence-electron chi connectivity index (χ2n) is 6.04. The first-order chi connectivity index (χ1) is 12.0. The van der Waals surface area contributed by atoms with Crippen LogP contribution in [0.4, 0.5) is 0 Å². The quantitative estimate of drug-likeness (QED) is 0.613. The van der Waals surface area contributed by atoms with E-state index in [9.17, 15) is 9.00 Å². The minimum absolute atomic E-state index is 0.000474. The average molecular weight is 378 g/mol. The molecule has 2 aromatic rings. The molecule has 1 amide bonds. The summed E-state index contributed by atoms with van der Waals surface area (Å²) in [7, 11) is -1.04. The second kappa shape index (κ2) is 9.73. The van der Waals surface area contributed by atoms with Crippen molar-refractivity contribution in [1.29, 1.82) is 0 Å². The fourth-order valence-electron chi connectivity index (χ4n) is 2.59. The topological polar surface area (TPSA) is 37.4 Å². The number of hydrogen-bond acceptors (Lipinski definition) is 2. The molecular weight excluding hydrogens is 354 g/mol. The van der Waals surface area contributed by atoms with Gasteiger partial charge in [0.05, 0.1) is 0 Å². The van der Waals surface area contributed by atoms with Crippen molar-refractivity contribution in [3.8, 4) is 0 Å². The third kappa shape index (κ3) is 5.98. The number of carbonyl (C=O) groups is 1. The molecule has 0 saturated carbocycles. The predicted octanol–water partition coefficient (Wildman–Crippen LogP) is 4.91. The number of rotatable bonds is 8. The Kier molecular flexibility index (Phi) is 7.66. The van der Waals surface area contributed by atoms with Crippen LogP contribution in [0.15, 0.2) is 53.4 Å². The summed E-state index contributed by atoms with van der Waals surface area (Å²) in [5.41, 5.74) is 1.68. The van der Waals surface area contributed by atoms with E-state index >= 15 is 0 Å². The third-order valence-corrected chi connectivity index (χ3v) is 5.23. The largest absolute Gasteiger partial charge is 0.334 e. The molecule has 0 aliphatic heterocycles. The van der Waals surface area contributed by atoms with Crippen LogP contribution in [0.2, 0.25) is 5.02 Å². The molecule has 0 fully saturated rings. The molecule has 1 atom stereocenters. The van der Waals surface area contributed by atoms with Gasteiger partial charge < -0.3 is 4.90 Å². The molecule has 2 rings (SSSR count). The summed E-state index contributed by atoms with van der Waals surface area (Å²) < 4.78 is 11.5. The van der Waals surface area contributed by atoms with E-state index in [1.54, 1.807) is 30.5 Å². The highest BCUT2D eigenvalue weighted by atomic mass is 35.5. The number of carbonyl (C=O) groups excluding carboxylic acids is 1. The molecule has 25 heavy (non-hydrogen) atoms. The number of benzene rings is 2. The van der Waals surface area contributed by atoms with E-state index < -0.39 is 10.8 Å². The van der Waals surface area contributed by atoms with Gasteiger partial charge in [-0.2, -0.15) is 0 Å². The molecule has 0 saturated heterocycles. The molecule has 134 valence electrons. The maximum Gasteiger partial charge on any atom is 0.254 e. The van der Waals surface area contributed by atoms with Crippen LogP contribution in [-0.2, 0) is 17.3 Å². The van der Waals surface area contributed by atoms with Crippen molar-refractivity contribution in [3.05, 3.63) is 64.7 Å². The van der Waals surface area contributed by atoms with Crippen molar-refractivity contribution in [3.63, 3.8) is 0 Å². The van der Waals surface area contributed by atoms with E-state index in [4.69, 9.17) is 11.6 Å². The Morgan fingerprint density at radius 2 is 1.68 bits per heavy atom. The lowest BCUT2D eigenvalue weighted by molar-refractivity contribution is 0.0740. The summed E-state index contributed by atoms with van der Waals surface area (Å²) >= 11 is 5.94. The van der Waals surface area contributed by atoms with Gasteiger partial charge in [0, 0.05) is 45.6 Å². The van der Waals surface area contributed by atoms with Gasteiger partial charge in [0.1, 0.15) is 0 Å². The van der Waals surface area contributed by atoms with Gasteiger partial charge in [0.15, 0.2) is 0 Å². The molecule has 1 unspecified atom stereocenters. The van der Waals surface area contributed by atoms with Crippen molar-refractivity contribution in [2.45, 2.75) is 37.6 Å². The maximum absolute atomic E-state index is 12.9. The van der Waals surface area contributed by atoms with Gasteiger partial charge in [0.2, 0.25) is 0 Å². The van der Waals surface area contributed by atoms with Gasteiger partial charge in [-0.3, -0.25) is 9.00 Å². The molecule has 5 heteroatoms. The Morgan fingerprint density at radius 3 is 2.24 bits per heavy atom. The number of unbranched alkanes of at least 4 members (excludes halogenated alkanes) is 2. The van der Waals surface area contributed by atoms with E-state index in [1.165, 1.54) is 0 Å². The average Bonchev–Trinajstić information content (AvgIpc) is 2.62. The molecule has 2 aromatic carbocycles. The standard InChI is InChI=1S/C20H24ClNO2S/c1-3-4-5-14-22(15-16-6-10-18(21)11-7-16)20(23)17-8-12-19(13-9-17)25(2)24/h6-13H,3-5,14-15H2,1-2H3. The van der Waals surface area contributed by atoms with Crippen LogP contribution in [0, 0.1) is 0 Å². The van der Waals surface area contributed by atoms with Gasteiger partial charge in [-0.15, -0.1) is 0 Å². The van der Waals surface area contributed by atoms with E-state index in [0.29, 0.717) is 17.1 Å². The van der Waals surface area contributed by atoms with Gasteiger partial charge in [-0.25, -0.2) is 0 Å². The predicted molar refractivity (Wildman–Crippen MR) is 104 cm³/mol. The lowest BCUT2D eigenvalue weighted by Gasteiger charge is -2.23. The van der Waals surface area contributed by atoms with Crippen LogP contribution in [0.5, 0.6) is 0 Å². The van der Waals surface area contributed by atoms with Crippen LogP contribution in [0.25, 0.3) is 0 Å². The number of hydrogen-bond donors (Lipinski definition) is 0. The highest BCUT2D eigenvalue weighted by Crippen LogP contribution is 2.16. The van der Waals surface area contributed by atoms with Crippen molar-refractivity contribution >= 4 is 28.3 Å². The summed E-state index contributed by atoms with van der Waals surface area (Å²) in [4.78, 5) is 15.5. The van der Waals surface area contributed by atoms with E-state index in [1.807, 2.05) is 29.2 Å². The number of nitrogens with zero attached hydrogens (tertiary/aromatic N) is 1. The Morgan fingerprint density at radius 1 is 1.04 bits per heavy atom. The fourth-order valence-corrected chi connectivity index (χ4v) is 3.23. The molecule has 3 nitrogen and oxygen atoms in total. The summed E-state index contributed by atoms with van der Waals surface area (Å²) in [6.07, 6.45) is 4.82. The highest BCUT2D eigenvalue weighted by molar-refractivity contribution is 7.84. The summed E-state index contributed by atoms with van der Waals surface area (Å²) in [5, 5.41) is 0.691. The smallest absolute Gasteiger partial charge is 0.254 e. The summed E-state index contributed by atoms with van der Waals surface area (Å²) in [6, 6.07) is 14.6. The number of amides is 1. The molecule has 0 aliphatic rings. The zero-order chi connectivity index (χ0) is 18.2. The second-order valence-corrected chi connectivity index (χ2v) is 7.85. The highest BCUT2D eigenvalue weighted by Gasteiger charge is 2.16. The monoisotopic (exact) mass is 377 g/mol. The Hall–Kier alpha value is -1.65. The van der Waals surface area contributed by atoms with Crippen LogP contribution in [0.3, 0.4) is 0 Å². The van der Waals surface area contributed by atoms with Gasteiger partial charge in [-0.05, 0) is 48.4 Å². The van der Waals surface area contributed by atoms with E-state index in [2.05, 4.69) is 6.92 Å². The molecule has 0 N–H and O–H groups in total. The van der Waals surface area contributed by atoms with Crippen LogP contribution >= 0.6 is 11.6 Å². The minimum atomic E-state index is -1.04. The molecule has 0 spiro atoms. The molecule has 0 aliphatic carbocycles. The van der Waals surface area contributed by atoms with Crippen molar-refractivity contribution in [1.82, 2.24) is 4.90 Å². The van der Waals surface area contributed by atoms with Crippen molar-refractivity contribution < 1.29 is 9.00 Å². The zero-order valence-electron chi connectivity index (χ0n) is 14.7. The zero-order valence-corrected chi connectivity index (χ0v) is 16.3. The van der Waals surface area contributed by atoms with E-state index in [-0.39, 0.29) is 5.91 Å². The normalized spacial score (nSPS) is 12.0. The van der Waals surface area contributed by atoms with Gasteiger partial charge in [-0.1, -0.05) is 43.5 Å². The maximum atomic E-state index is 12.9. The van der Waals surface area contributed by atoms with Crippen LogP contribution in [-0.4, -0.2) is 27.8 Å². The molecule has 0 radical (unpaired) electrons. The summed E-state index contributed by atoms with van der Waals surface area (Å²) in [6.45, 7) is 3.42. The first-order valence-corrected chi connectivity index (χ1v) is 10.4. The Balaban J connectivity index is 2.16. The summed E-state index contributed by atoms with van der Waals surface area (Å²) in [5.74, 6) is -0.000474. The lowest BCUT2D eigenvalue weighted by Crippen LogP contribution is -2.31. The first kappa shape index (κ1) is 19.7. The third-order valence-electron chi connectivity index (χ3n) is 4.04. The minimum Gasteiger partial charge on any atom is -0.334 e. The first-order valence-electron chi connectivity index (χ1n) is 8.48. The SMILES string of the molecule is CCCCCN(Cc1ccc(Cl)cc1)C(=O)c1ccc(S(C)=O)cc1. The lowest BCUT2D eigenvalue weighted by atomic mass is 10.1. The van der Waals surface area contributed by atoms with Crippen molar-refractivity contribution in [2.75, 3.05) is 12.8 Å². The Bertz CT molecular complexity index is 713. The Labute approximate surface area is 157 Å².